The lowest BCUT2D eigenvalue weighted by atomic mass is 10.1. The number of thiophene rings is 1. The van der Waals surface area contributed by atoms with E-state index in [4.69, 9.17) is 4.42 Å². The molecular formula is C19H20N2O2S. The van der Waals surface area contributed by atoms with Crippen LogP contribution in [0.5, 0.6) is 0 Å². The zero-order chi connectivity index (χ0) is 16.5. The highest BCUT2D eigenvalue weighted by atomic mass is 32.1. The zero-order valence-electron chi connectivity index (χ0n) is 13.7. The van der Waals surface area contributed by atoms with Gasteiger partial charge in [0.1, 0.15) is 4.70 Å². The molecule has 1 N–H and O–H groups in total. The van der Waals surface area contributed by atoms with Crippen LogP contribution in [0.15, 0.2) is 44.9 Å². The summed E-state index contributed by atoms with van der Waals surface area (Å²) in [6, 6.07) is 9.83. The largest absolute Gasteiger partial charge is 0.439 e. The number of hydrogen-bond acceptors (Lipinski definition) is 5. The van der Waals surface area contributed by atoms with Crippen molar-refractivity contribution in [1.82, 2.24) is 0 Å². The number of nitrogens with one attached hydrogen (secondary N) is 1. The summed E-state index contributed by atoms with van der Waals surface area (Å²) in [5.74, 6) is 0.707. The molecule has 1 aromatic carbocycles. The highest BCUT2D eigenvalue weighted by Gasteiger charge is 2.18. The smallest absolute Gasteiger partial charge is 0.204 e. The summed E-state index contributed by atoms with van der Waals surface area (Å²) >= 11 is 1.46. The molecule has 0 bridgehead atoms. The molecule has 0 saturated carbocycles. The summed E-state index contributed by atoms with van der Waals surface area (Å²) in [6.07, 6.45) is 3.57. The van der Waals surface area contributed by atoms with Crippen LogP contribution in [0.4, 0.5) is 11.6 Å². The van der Waals surface area contributed by atoms with Crippen LogP contribution in [0, 0.1) is 0 Å². The molecule has 0 atom stereocenters. The molecule has 4 rings (SSSR count). The number of hydrogen-bond donors (Lipinski definition) is 1. The van der Waals surface area contributed by atoms with E-state index < -0.39 is 0 Å². The number of piperidine rings is 1. The van der Waals surface area contributed by atoms with Crippen molar-refractivity contribution < 1.29 is 4.42 Å². The number of anilines is 2. The second-order valence-corrected chi connectivity index (χ2v) is 7.01. The number of benzene rings is 1. The monoisotopic (exact) mass is 340 g/mol. The van der Waals surface area contributed by atoms with Gasteiger partial charge in [-0.1, -0.05) is 12.1 Å². The van der Waals surface area contributed by atoms with Gasteiger partial charge < -0.3 is 14.6 Å². The highest BCUT2D eigenvalue weighted by molar-refractivity contribution is 7.17. The summed E-state index contributed by atoms with van der Waals surface area (Å²) in [5, 5.41) is 5.14. The molecular weight excluding hydrogens is 320 g/mol. The van der Waals surface area contributed by atoms with E-state index in [1.54, 1.807) is 6.07 Å². The maximum atomic E-state index is 12.5. The van der Waals surface area contributed by atoms with Crippen molar-refractivity contribution >= 4 is 33.2 Å². The minimum absolute atomic E-state index is 0.0555. The van der Waals surface area contributed by atoms with Gasteiger partial charge in [-0.2, -0.15) is 0 Å². The standard InChI is InChI=1S/C19H20N2O2S/c1-20-14-7-5-13(6-8-14)15-12-24-19-16(22)11-17(23-18(15)19)21-9-3-2-4-10-21/h5-8,11-12,20H,2-4,9-10H2,1H3. The molecule has 0 aliphatic carbocycles. The van der Waals surface area contributed by atoms with Gasteiger partial charge >= 0.3 is 0 Å². The van der Waals surface area contributed by atoms with E-state index in [1.807, 2.05) is 24.6 Å². The first kappa shape index (κ1) is 15.3. The van der Waals surface area contributed by atoms with E-state index >= 15 is 0 Å². The SMILES string of the molecule is CNc1ccc(-c2csc3c(=O)cc(N4CCCCC4)oc23)cc1. The molecule has 1 aliphatic heterocycles. The summed E-state index contributed by atoms with van der Waals surface area (Å²) in [5.41, 5.74) is 3.90. The van der Waals surface area contributed by atoms with Crippen LogP contribution in [-0.4, -0.2) is 20.1 Å². The van der Waals surface area contributed by atoms with E-state index in [-0.39, 0.29) is 5.43 Å². The maximum absolute atomic E-state index is 12.5. The molecule has 4 nitrogen and oxygen atoms in total. The third kappa shape index (κ3) is 2.69. The average Bonchev–Trinajstić information content (AvgIpc) is 3.07. The lowest BCUT2D eigenvalue weighted by Gasteiger charge is -2.26. The fraction of sp³-hybridized carbons (Fsp3) is 0.316. The Morgan fingerprint density at radius 1 is 1.12 bits per heavy atom. The molecule has 1 aliphatic rings. The fourth-order valence-corrected chi connectivity index (χ4v) is 4.13. The zero-order valence-corrected chi connectivity index (χ0v) is 14.5. The van der Waals surface area contributed by atoms with Crippen molar-refractivity contribution in [3.63, 3.8) is 0 Å². The Labute approximate surface area is 144 Å². The minimum atomic E-state index is 0.0555. The Morgan fingerprint density at radius 3 is 2.58 bits per heavy atom. The van der Waals surface area contributed by atoms with E-state index in [2.05, 4.69) is 22.3 Å². The molecule has 0 spiro atoms. The quantitative estimate of drug-likeness (QED) is 0.759. The first-order valence-electron chi connectivity index (χ1n) is 8.35. The Morgan fingerprint density at radius 2 is 1.88 bits per heavy atom. The van der Waals surface area contributed by atoms with Gasteiger partial charge in [0.25, 0.3) is 0 Å². The Balaban J connectivity index is 1.81. The number of nitrogens with zero attached hydrogens (tertiary/aromatic N) is 1. The maximum Gasteiger partial charge on any atom is 0.204 e. The second-order valence-electron chi connectivity index (χ2n) is 6.13. The summed E-state index contributed by atoms with van der Waals surface area (Å²) in [6.45, 7) is 1.93. The van der Waals surface area contributed by atoms with Crippen LogP contribution < -0.4 is 15.6 Å². The van der Waals surface area contributed by atoms with E-state index in [1.165, 1.54) is 17.8 Å². The minimum Gasteiger partial charge on any atom is -0.439 e. The van der Waals surface area contributed by atoms with Crippen molar-refractivity contribution in [3.05, 3.63) is 45.9 Å². The summed E-state index contributed by atoms with van der Waals surface area (Å²) in [4.78, 5) is 14.7. The molecule has 2 aromatic heterocycles. The van der Waals surface area contributed by atoms with Crippen LogP contribution in [-0.2, 0) is 0 Å². The van der Waals surface area contributed by atoms with Gasteiger partial charge in [-0.15, -0.1) is 11.3 Å². The van der Waals surface area contributed by atoms with E-state index in [9.17, 15) is 4.79 Å². The molecule has 24 heavy (non-hydrogen) atoms. The van der Waals surface area contributed by atoms with Crippen molar-refractivity contribution in [1.29, 1.82) is 0 Å². The van der Waals surface area contributed by atoms with Crippen LogP contribution in [0.2, 0.25) is 0 Å². The third-order valence-electron chi connectivity index (χ3n) is 4.58. The van der Waals surface area contributed by atoms with Gasteiger partial charge in [0.15, 0.2) is 11.5 Å². The van der Waals surface area contributed by atoms with Gasteiger partial charge in [-0.25, -0.2) is 0 Å². The third-order valence-corrected chi connectivity index (χ3v) is 5.56. The predicted molar refractivity (Wildman–Crippen MR) is 101 cm³/mol. The van der Waals surface area contributed by atoms with Crippen molar-refractivity contribution in [3.8, 4) is 11.1 Å². The van der Waals surface area contributed by atoms with Crippen molar-refractivity contribution in [2.24, 2.45) is 0 Å². The normalized spacial score (nSPS) is 15.0. The number of rotatable bonds is 3. The molecule has 3 heterocycles. The average molecular weight is 340 g/mol. The Bertz CT molecular complexity index is 905. The predicted octanol–water partition coefficient (Wildman–Crippen LogP) is 4.55. The van der Waals surface area contributed by atoms with Crippen LogP contribution in [0.3, 0.4) is 0 Å². The van der Waals surface area contributed by atoms with E-state index in [0.717, 1.165) is 42.7 Å². The summed E-state index contributed by atoms with van der Waals surface area (Å²) in [7, 11) is 1.90. The first-order chi connectivity index (χ1) is 11.8. The Kier molecular flexibility index (Phi) is 4.02. The van der Waals surface area contributed by atoms with Crippen molar-refractivity contribution in [2.45, 2.75) is 19.3 Å². The molecule has 3 aromatic rings. The number of fused-ring (bicyclic) bond motifs is 1. The molecule has 1 saturated heterocycles. The topological polar surface area (TPSA) is 45.5 Å². The highest BCUT2D eigenvalue weighted by Crippen LogP contribution is 2.35. The fourth-order valence-electron chi connectivity index (χ4n) is 3.22. The molecule has 124 valence electrons. The molecule has 1 fully saturated rings. The van der Waals surface area contributed by atoms with Gasteiger partial charge in [0.2, 0.25) is 5.43 Å². The second kappa shape index (κ2) is 6.32. The molecule has 0 radical (unpaired) electrons. The van der Waals surface area contributed by atoms with Gasteiger partial charge in [0, 0.05) is 42.8 Å². The van der Waals surface area contributed by atoms with Gasteiger partial charge in [-0.05, 0) is 37.0 Å². The van der Waals surface area contributed by atoms with Crippen LogP contribution in [0.1, 0.15) is 19.3 Å². The Hall–Kier alpha value is -2.27. The molecule has 0 amide bonds. The molecule has 0 unspecified atom stereocenters. The summed E-state index contributed by atoms with van der Waals surface area (Å²) < 4.78 is 6.88. The molecule has 5 heteroatoms. The van der Waals surface area contributed by atoms with Crippen LogP contribution >= 0.6 is 11.3 Å². The van der Waals surface area contributed by atoms with E-state index in [0.29, 0.717) is 16.2 Å². The van der Waals surface area contributed by atoms with Crippen LogP contribution in [0.25, 0.3) is 21.4 Å². The van der Waals surface area contributed by atoms with Crippen molar-refractivity contribution in [2.75, 3.05) is 30.4 Å². The lowest BCUT2D eigenvalue weighted by molar-refractivity contribution is 0.513. The lowest BCUT2D eigenvalue weighted by Crippen LogP contribution is -2.29. The van der Waals surface area contributed by atoms with Gasteiger partial charge in [-0.3, -0.25) is 4.79 Å². The first-order valence-corrected chi connectivity index (χ1v) is 9.23. The van der Waals surface area contributed by atoms with Gasteiger partial charge in [0.05, 0.1) is 0 Å².